The first-order valence-corrected chi connectivity index (χ1v) is 7.38. The molecule has 0 amide bonds. The third kappa shape index (κ3) is 2.88. The van der Waals surface area contributed by atoms with E-state index in [9.17, 15) is 5.11 Å². The number of rotatable bonds is 3. The molecular formula is C18H21NO2. The summed E-state index contributed by atoms with van der Waals surface area (Å²) in [6.07, 6.45) is 1.49. The Hall–Kier alpha value is -2.00. The monoisotopic (exact) mass is 283 g/mol. The molecule has 0 saturated carbocycles. The molecule has 1 aliphatic heterocycles. The van der Waals surface area contributed by atoms with Crippen LogP contribution < -0.4 is 9.64 Å². The number of nitrogens with zero attached hydrogens (tertiary/aromatic N) is 1. The maximum atomic E-state index is 10.9. The molecule has 1 aliphatic rings. The van der Waals surface area contributed by atoms with E-state index in [1.165, 1.54) is 5.69 Å². The van der Waals surface area contributed by atoms with Crippen molar-refractivity contribution in [2.24, 2.45) is 0 Å². The van der Waals surface area contributed by atoms with Gasteiger partial charge in [0.25, 0.3) is 0 Å². The smallest absolute Gasteiger partial charge is 0.118 e. The standard InChI is InChI=1S/C18H21NO2/c1-21-17-9-7-15(8-10-17)18(20)11-13-19(14-12-18)16-5-3-2-4-6-16/h2-10,20H,11-14H2,1H3. The zero-order valence-electron chi connectivity index (χ0n) is 12.3. The van der Waals surface area contributed by atoms with Gasteiger partial charge in [-0.3, -0.25) is 0 Å². The maximum absolute atomic E-state index is 10.9. The number of benzene rings is 2. The molecule has 3 rings (SSSR count). The number of hydrogen-bond acceptors (Lipinski definition) is 3. The summed E-state index contributed by atoms with van der Waals surface area (Å²) in [6, 6.07) is 18.2. The van der Waals surface area contributed by atoms with Crippen molar-refractivity contribution in [1.82, 2.24) is 0 Å². The fourth-order valence-electron chi connectivity index (χ4n) is 2.96. The third-order valence-corrected chi connectivity index (χ3v) is 4.34. The van der Waals surface area contributed by atoms with Crippen molar-refractivity contribution in [2.45, 2.75) is 18.4 Å². The number of methoxy groups -OCH3 is 1. The minimum Gasteiger partial charge on any atom is -0.497 e. The van der Waals surface area contributed by atoms with Gasteiger partial charge >= 0.3 is 0 Å². The van der Waals surface area contributed by atoms with E-state index in [4.69, 9.17) is 4.74 Å². The van der Waals surface area contributed by atoms with Gasteiger partial charge in [-0.2, -0.15) is 0 Å². The summed E-state index contributed by atoms with van der Waals surface area (Å²) in [4.78, 5) is 2.33. The van der Waals surface area contributed by atoms with E-state index in [0.717, 1.165) is 37.2 Å². The highest BCUT2D eigenvalue weighted by molar-refractivity contribution is 5.47. The number of anilines is 1. The minimum absolute atomic E-state index is 0.725. The summed E-state index contributed by atoms with van der Waals surface area (Å²) in [5.41, 5.74) is 1.49. The van der Waals surface area contributed by atoms with Crippen LogP contribution in [0, 0.1) is 0 Å². The van der Waals surface area contributed by atoms with Crippen LogP contribution in [0.4, 0.5) is 5.69 Å². The highest BCUT2D eigenvalue weighted by Crippen LogP contribution is 2.35. The Morgan fingerprint density at radius 3 is 2.14 bits per heavy atom. The molecule has 21 heavy (non-hydrogen) atoms. The van der Waals surface area contributed by atoms with E-state index in [0.29, 0.717) is 0 Å². The van der Waals surface area contributed by atoms with E-state index < -0.39 is 5.60 Å². The fraction of sp³-hybridized carbons (Fsp3) is 0.333. The molecule has 0 aliphatic carbocycles. The zero-order chi connectivity index (χ0) is 14.7. The summed E-state index contributed by atoms with van der Waals surface area (Å²) in [6.45, 7) is 1.74. The molecule has 1 heterocycles. The Kier molecular flexibility index (Phi) is 3.84. The van der Waals surface area contributed by atoms with E-state index in [1.54, 1.807) is 7.11 Å². The summed E-state index contributed by atoms with van der Waals surface area (Å²) in [5.74, 6) is 0.823. The van der Waals surface area contributed by atoms with Crippen LogP contribution in [0.1, 0.15) is 18.4 Å². The average Bonchev–Trinajstić information content (AvgIpc) is 2.56. The number of ether oxygens (including phenoxy) is 1. The predicted octanol–water partition coefficient (Wildman–Crippen LogP) is 3.18. The number of hydrogen-bond donors (Lipinski definition) is 1. The lowest BCUT2D eigenvalue weighted by atomic mass is 9.84. The molecule has 0 spiro atoms. The largest absolute Gasteiger partial charge is 0.497 e. The molecule has 1 saturated heterocycles. The fourth-order valence-corrected chi connectivity index (χ4v) is 2.96. The quantitative estimate of drug-likeness (QED) is 0.939. The Morgan fingerprint density at radius 1 is 0.952 bits per heavy atom. The van der Waals surface area contributed by atoms with Crippen molar-refractivity contribution in [1.29, 1.82) is 0 Å². The molecule has 2 aromatic rings. The van der Waals surface area contributed by atoms with Crippen molar-refractivity contribution in [2.75, 3.05) is 25.1 Å². The molecule has 1 N–H and O–H groups in total. The summed E-state index contributed by atoms with van der Waals surface area (Å²) in [5, 5.41) is 10.9. The zero-order valence-corrected chi connectivity index (χ0v) is 12.3. The van der Waals surface area contributed by atoms with Gasteiger partial charge in [0.15, 0.2) is 0 Å². The van der Waals surface area contributed by atoms with Gasteiger partial charge in [0.05, 0.1) is 12.7 Å². The lowest BCUT2D eigenvalue weighted by molar-refractivity contribution is 0.0117. The molecule has 2 aromatic carbocycles. The molecule has 3 heteroatoms. The Bertz CT molecular complexity index is 572. The minimum atomic E-state index is -0.725. The van der Waals surface area contributed by atoms with Crippen LogP contribution in [-0.4, -0.2) is 25.3 Å². The molecule has 0 aromatic heterocycles. The van der Waals surface area contributed by atoms with Gasteiger partial charge in [-0.1, -0.05) is 30.3 Å². The van der Waals surface area contributed by atoms with E-state index in [1.807, 2.05) is 30.3 Å². The van der Waals surface area contributed by atoms with E-state index in [-0.39, 0.29) is 0 Å². The Labute approximate surface area is 125 Å². The summed E-state index contributed by atoms with van der Waals surface area (Å²) in [7, 11) is 1.65. The van der Waals surface area contributed by atoms with Crippen LogP contribution in [0.25, 0.3) is 0 Å². The lowest BCUT2D eigenvalue weighted by Crippen LogP contribution is -2.42. The molecule has 0 atom stereocenters. The molecule has 1 fully saturated rings. The van der Waals surface area contributed by atoms with E-state index in [2.05, 4.69) is 29.2 Å². The normalized spacial score (nSPS) is 17.5. The van der Waals surface area contributed by atoms with Gasteiger partial charge in [0.1, 0.15) is 5.75 Å². The van der Waals surface area contributed by atoms with Gasteiger partial charge in [-0.05, 0) is 42.7 Å². The number of piperidine rings is 1. The van der Waals surface area contributed by atoms with Crippen LogP contribution in [-0.2, 0) is 5.60 Å². The second-order valence-corrected chi connectivity index (χ2v) is 5.58. The second-order valence-electron chi connectivity index (χ2n) is 5.58. The highest BCUT2D eigenvalue weighted by Gasteiger charge is 2.33. The second kappa shape index (κ2) is 5.78. The van der Waals surface area contributed by atoms with Crippen LogP contribution >= 0.6 is 0 Å². The van der Waals surface area contributed by atoms with Crippen molar-refractivity contribution in [3.63, 3.8) is 0 Å². The molecular weight excluding hydrogens is 262 g/mol. The number of aliphatic hydroxyl groups is 1. The molecule has 0 bridgehead atoms. The molecule has 0 unspecified atom stereocenters. The average molecular weight is 283 g/mol. The lowest BCUT2D eigenvalue weighted by Gasteiger charge is -2.39. The summed E-state index contributed by atoms with van der Waals surface area (Å²) >= 11 is 0. The first kappa shape index (κ1) is 14.0. The van der Waals surface area contributed by atoms with Gasteiger partial charge in [0, 0.05) is 18.8 Å². The first-order valence-electron chi connectivity index (χ1n) is 7.38. The van der Waals surface area contributed by atoms with Gasteiger partial charge in [0.2, 0.25) is 0 Å². The molecule has 110 valence electrons. The van der Waals surface area contributed by atoms with Crippen LogP contribution in [0.15, 0.2) is 54.6 Å². The van der Waals surface area contributed by atoms with Gasteiger partial charge in [-0.15, -0.1) is 0 Å². The maximum Gasteiger partial charge on any atom is 0.118 e. The summed E-state index contributed by atoms with van der Waals surface area (Å²) < 4.78 is 5.17. The van der Waals surface area contributed by atoms with Crippen molar-refractivity contribution < 1.29 is 9.84 Å². The van der Waals surface area contributed by atoms with Crippen molar-refractivity contribution >= 4 is 5.69 Å². The predicted molar refractivity (Wildman–Crippen MR) is 84.8 cm³/mol. The molecule has 0 radical (unpaired) electrons. The van der Waals surface area contributed by atoms with Crippen LogP contribution in [0.3, 0.4) is 0 Å². The Balaban J connectivity index is 1.71. The highest BCUT2D eigenvalue weighted by atomic mass is 16.5. The van der Waals surface area contributed by atoms with Crippen LogP contribution in [0.2, 0.25) is 0 Å². The SMILES string of the molecule is COc1ccc(C2(O)CCN(c3ccccc3)CC2)cc1. The first-order chi connectivity index (χ1) is 10.2. The van der Waals surface area contributed by atoms with Gasteiger partial charge in [-0.25, -0.2) is 0 Å². The van der Waals surface area contributed by atoms with Crippen LogP contribution in [0.5, 0.6) is 5.75 Å². The van der Waals surface area contributed by atoms with Gasteiger partial charge < -0.3 is 14.7 Å². The van der Waals surface area contributed by atoms with Crippen molar-refractivity contribution in [3.8, 4) is 5.75 Å². The van der Waals surface area contributed by atoms with Crippen molar-refractivity contribution in [3.05, 3.63) is 60.2 Å². The topological polar surface area (TPSA) is 32.7 Å². The van der Waals surface area contributed by atoms with E-state index >= 15 is 0 Å². The number of para-hydroxylation sites is 1. The molecule has 3 nitrogen and oxygen atoms in total. The Morgan fingerprint density at radius 2 is 1.57 bits per heavy atom. The third-order valence-electron chi connectivity index (χ3n) is 4.34.